The van der Waals surface area contributed by atoms with Crippen LogP contribution in [0.15, 0.2) is 0 Å². The topological polar surface area (TPSA) is 21.3 Å². The predicted octanol–water partition coefficient (Wildman–Crippen LogP) is 3.75. The number of hydrogen-bond donors (Lipinski definition) is 1. The summed E-state index contributed by atoms with van der Waals surface area (Å²) >= 11 is 0. The van der Waals surface area contributed by atoms with Gasteiger partial charge in [-0.1, -0.05) is 20.3 Å². The highest BCUT2D eigenvalue weighted by molar-refractivity contribution is 5.03. The van der Waals surface area contributed by atoms with E-state index >= 15 is 0 Å². The number of nitrogens with one attached hydrogen (secondary N) is 1. The summed E-state index contributed by atoms with van der Waals surface area (Å²) in [6.45, 7) is 8.00. The van der Waals surface area contributed by atoms with Gasteiger partial charge in [0.25, 0.3) is 0 Å². The van der Waals surface area contributed by atoms with E-state index in [1.165, 1.54) is 51.5 Å². The number of ether oxygens (including phenoxy) is 1. The molecule has 3 fully saturated rings. The van der Waals surface area contributed by atoms with Gasteiger partial charge in [0.2, 0.25) is 0 Å². The fourth-order valence-electron chi connectivity index (χ4n) is 4.99. The maximum absolute atomic E-state index is 6.13. The average Bonchev–Trinajstić information content (AvgIpc) is 3.03. The van der Waals surface area contributed by atoms with Crippen molar-refractivity contribution in [2.75, 3.05) is 6.54 Å². The zero-order valence-corrected chi connectivity index (χ0v) is 13.0. The Morgan fingerprint density at radius 3 is 2.58 bits per heavy atom. The van der Waals surface area contributed by atoms with E-state index in [0.717, 1.165) is 11.8 Å². The Morgan fingerprint density at radius 1 is 1.21 bits per heavy atom. The van der Waals surface area contributed by atoms with Gasteiger partial charge >= 0.3 is 0 Å². The van der Waals surface area contributed by atoms with Crippen molar-refractivity contribution in [1.82, 2.24) is 5.32 Å². The van der Waals surface area contributed by atoms with Gasteiger partial charge in [-0.3, -0.25) is 0 Å². The summed E-state index contributed by atoms with van der Waals surface area (Å²) in [5, 5.41) is 3.74. The summed E-state index contributed by atoms with van der Waals surface area (Å²) in [7, 11) is 0. The van der Waals surface area contributed by atoms with E-state index in [-0.39, 0.29) is 0 Å². The number of fused-ring (bicyclic) bond motifs is 2. The van der Waals surface area contributed by atoms with Crippen molar-refractivity contribution in [2.45, 2.75) is 84.0 Å². The lowest BCUT2D eigenvalue weighted by molar-refractivity contribution is 0.00387. The molecule has 1 saturated heterocycles. The Bertz CT molecular complexity index is 316. The van der Waals surface area contributed by atoms with Gasteiger partial charge in [-0.2, -0.15) is 0 Å². The van der Waals surface area contributed by atoms with Crippen molar-refractivity contribution in [2.24, 2.45) is 17.3 Å². The van der Waals surface area contributed by atoms with Crippen LogP contribution in [-0.2, 0) is 4.74 Å². The van der Waals surface area contributed by atoms with Gasteiger partial charge in [0, 0.05) is 12.6 Å². The first-order valence-electron chi connectivity index (χ1n) is 8.46. The first-order valence-corrected chi connectivity index (χ1v) is 8.46. The van der Waals surface area contributed by atoms with Crippen LogP contribution in [0.25, 0.3) is 0 Å². The zero-order valence-electron chi connectivity index (χ0n) is 13.0. The van der Waals surface area contributed by atoms with Crippen molar-refractivity contribution in [3.8, 4) is 0 Å². The van der Waals surface area contributed by atoms with E-state index in [0.29, 0.717) is 23.7 Å². The average molecular weight is 265 g/mol. The van der Waals surface area contributed by atoms with Gasteiger partial charge < -0.3 is 10.1 Å². The molecule has 0 spiro atoms. The molecule has 0 radical (unpaired) electrons. The molecular formula is C17H31NO. The Labute approximate surface area is 118 Å². The highest BCUT2D eigenvalue weighted by atomic mass is 16.5. The molecule has 1 heterocycles. The fraction of sp³-hybridized carbons (Fsp3) is 1.00. The molecule has 110 valence electrons. The summed E-state index contributed by atoms with van der Waals surface area (Å²) in [5.41, 5.74) is 0.557. The van der Waals surface area contributed by atoms with Crippen molar-refractivity contribution >= 4 is 0 Å². The molecular weight excluding hydrogens is 234 g/mol. The van der Waals surface area contributed by atoms with Gasteiger partial charge in [0.15, 0.2) is 0 Å². The molecule has 19 heavy (non-hydrogen) atoms. The van der Waals surface area contributed by atoms with Crippen LogP contribution in [0.1, 0.15) is 65.7 Å². The van der Waals surface area contributed by atoms with E-state index in [9.17, 15) is 0 Å². The van der Waals surface area contributed by atoms with Crippen LogP contribution >= 0.6 is 0 Å². The van der Waals surface area contributed by atoms with Crippen molar-refractivity contribution < 1.29 is 4.74 Å². The molecule has 1 N–H and O–H groups in total. The van der Waals surface area contributed by atoms with Crippen LogP contribution < -0.4 is 5.32 Å². The summed E-state index contributed by atoms with van der Waals surface area (Å²) < 4.78 is 6.13. The van der Waals surface area contributed by atoms with Gasteiger partial charge in [-0.05, 0) is 62.7 Å². The van der Waals surface area contributed by atoms with Crippen LogP contribution in [0.3, 0.4) is 0 Å². The molecule has 2 nitrogen and oxygen atoms in total. The predicted molar refractivity (Wildman–Crippen MR) is 79.2 cm³/mol. The minimum Gasteiger partial charge on any atom is -0.375 e. The van der Waals surface area contributed by atoms with E-state index in [4.69, 9.17) is 4.74 Å². The molecule has 2 saturated carbocycles. The highest BCUT2D eigenvalue weighted by Crippen LogP contribution is 2.58. The van der Waals surface area contributed by atoms with Crippen molar-refractivity contribution in [3.63, 3.8) is 0 Å². The lowest BCUT2D eigenvalue weighted by Gasteiger charge is -2.40. The highest BCUT2D eigenvalue weighted by Gasteiger charge is 2.51. The van der Waals surface area contributed by atoms with Gasteiger partial charge in [-0.25, -0.2) is 0 Å². The third-order valence-corrected chi connectivity index (χ3v) is 5.92. The lowest BCUT2D eigenvalue weighted by Crippen LogP contribution is -2.43. The molecule has 3 aliphatic rings. The van der Waals surface area contributed by atoms with Gasteiger partial charge in [0.05, 0.1) is 12.2 Å². The molecule has 2 aliphatic carbocycles. The van der Waals surface area contributed by atoms with Crippen LogP contribution in [0.2, 0.25) is 0 Å². The molecule has 0 amide bonds. The maximum atomic E-state index is 6.13. The lowest BCUT2D eigenvalue weighted by atomic mass is 9.69. The van der Waals surface area contributed by atoms with Gasteiger partial charge in [-0.15, -0.1) is 0 Å². The Balaban J connectivity index is 1.66. The Kier molecular flexibility index (Phi) is 3.92. The smallest absolute Gasteiger partial charge is 0.0585 e. The largest absolute Gasteiger partial charge is 0.375 e. The summed E-state index contributed by atoms with van der Waals surface area (Å²) in [6.07, 6.45) is 10.9. The second-order valence-electron chi connectivity index (χ2n) is 7.83. The SMILES string of the molecule is CC(C)NCC1(CC2CCC(C)O2)CC2CCC1C2. The van der Waals surface area contributed by atoms with Crippen molar-refractivity contribution in [1.29, 1.82) is 0 Å². The summed E-state index contributed by atoms with van der Waals surface area (Å²) in [5.74, 6) is 2.00. The number of hydrogen-bond acceptors (Lipinski definition) is 2. The third-order valence-electron chi connectivity index (χ3n) is 5.92. The van der Waals surface area contributed by atoms with Crippen LogP contribution in [0, 0.1) is 17.3 Å². The molecule has 0 aromatic rings. The molecule has 3 rings (SSSR count). The zero-order chi connectivity index (χ0) is 13.5. The standard InChI is InChI=1S/C17H31NO/c1-12(2)18-11-17(9-14-5-6-15(17)8-14)10-16-7-4-13(3)19-16/h12-16,18H,4-11H2,1-3H3. The third kappa shape index (κ3) is 2.85. The summed E-state index contributed by atoms with van der Waals surface area (Å²) in [4.78, 5) is 0. The second-order valence-corrected chi connectivity index (χ2v) is 7.83. The Morgan fingerprint density at radius 2 is 2.05 bits per heavy atom. The van der Waals surface area contributed by atoms with Crippen LogP contribution in [-0.4, -0.2) is 24.8 Å². The normalized spacial score (nSPS) is 45.5. The Hall–Kier alpha value is -0.0800. The molecule has 2 bridgehead atoms. The molecule has 1 aliphatic heterocycles. The van der Waals surface area contributed by atoms with Crippen molar-refractivity contribution in [3.05, 3.63) is 0 Å². The molecule has 5 atom stereocenters. The molecule has 5 unspecified atom stereocenters. The quantitative estimate of drug-likeness (QED) is 0.817. The minimum atomic E-state index is 0.499. The maximum Gasteiger partial charge on any atom is 0.0585 e. The first-order chi connectivity index (χ1) is 9.07. The van der Waals surface area contributed by atoms with E-state index in [1.54, 1.807) is 0 Å². The van der Waals surface area contributed by atoms with Crippen LogP contribution in [0.4, 0.5) is 0 Å². The minimum absolute atomic E-state index is 0.499. The first kappa shape index (κ1) is 13.9. The molecule has 2 heteroatoms. The summed E-state index contributed by atoms with van der Waals surface area (Å²) in [6, 6.07) is 0.611. The van der Waals surface area contributed by atoms with Gasteiger partial charge in [0.1, 0.15) is 0 Å². The monoisotopic (exact) mass is 265 g/mol. The van der Waals surface area contributed by atoms with E-state index in [2.05, 4.69) is 26.1 Å². The van der Waals surface area contributed by atoms with E-state index in [1.807, 2.05) is 0 Å². The molecule has 0 aromatic heterocycles. The number of rotatable bonds is 5. The van der Waals surface area contributed by atoms with Crippen LogP contribution in [0.5, 0.6) is 0 Å². The second kappa shape index (κ2) is 5.37. The van der Waals surface area contributed by atoms with E-state index < -0.39 is 0 Å². The molecule has 0 aromatic carbocycles. The fourth-order valence-corrected chi connectivity index (χ4v) is 4.99.